The van der Waals surface area contributed by atoms with Crippen LogP contribution in [-0.2, 0) is 29.0 Å². The number of ether oxygens (including phenoxy) is 2. The average Bonchev–Trinajstić information content (AvgIpc) is 3.05. The number of carboxylic acid groups (broad SMARTS) is 1. The third kappa shape index (κ3) is 4.36. The fraction of sp³-hybridized carbons (Fsp3) is 0.304. The quantitative estimate of drug-likeness (QED) is 0.562. The van der Waals surface area contributed by atoms with E-state index in [1.165, 1.54) is 19.2 Å². The Kier molecular flexibility index (Phi) is 6.23. The van der Waals surface area contributed by atoms with Crippen LogP contribution in [0.3, 0.4) is 0 Å². The van der Waals surface area contributed by atoms with Gasteiger partial charge in [-0.1, -0.05) is 23.7 Å². The minimum Gasteiger partial charge on any atom is -0.493 e. The first-order valence-corrected chi connectivity index (χ1v) is 10.5. The number of hydrogen-bond donors (Lipinski definition) is 2. The van der Waals surface area contributed by atoms with Gasteiger partial charge in [-0.3, -0.25) is 9.59 Å². The molecule has 1 amide bonds. The van der Waals surface area contributed by atoms with Crippen molar-refractivity contribution in [2.45, 2.75) is 31.8 Å². The molecule has 168 valence electrons. The second kappa shape index (κ2) is 9.08. The normalized spacial score (nSPS) is 15.3. The van der Waals surface area contributed by atoms with Crippen molar-refractivity contribution in [1.29, 1.82) is 0 Å². The zero-order valence-corrected chi connectivity index (χ0v) is 18.1. The maximum absolute atomic E-state index is 14.1. The molecule has 1 aromatic heterocycles. The molecular weight excluding hydrogens is 439 g/mol. The highest BCUT2D eigenvalue weighted by Crippen LogP contribution is 2.36. The third-order valence-corrected chi connectivity index (χ3v) is 5.85. The van der Waals surface area contributed by atoms with Crippen LogP contribution >= 0.6 is 11.6 Å². The van der Waals surface area contributed by atoms with E-state index in [1.54, 1.807) is 28.8 Å². The molecule has 2 N–H and O–H groups in total. The molecule has 0 bridgehead atoms. The summed E-state index contributed by atoms with van der Waals surface area (Å²) in [5, 5.41) is 13.0. The smallest absolute Gasteiger partial charge is 0.323 e. The van der Waals surface area contributed by atoms with Gasteiger partial charge in [-0.05, 0) is 49.1 Å². The molecule has 2 aromatic carbocycles. The van der Waals surface area contributed by atoms with Crippen LogP contribution in [0.1, 0.15) is 17.7 Å². The van der Waals surface area contributed by atoms with Crippen LogP contribution in [0.4, 0.5) is 4.39 Å². The van der Waals surface area contributed by atoms with Crippen LogP contribution < -0.4 is 14.8 Å². The van der Waals surface area contributed by atoms with E-state index in [0.717, 1.165) is 11.3 Å². The zero-order chi connectivity index (χ0) is 22.8. The lowest BCUT2D eigenvalue weighted by atomic mass is 9.91. The number of nitrogens with zero attached hydrogens (tertiary/aromatic N) is 1. The number of fused-ring (bicyclic) bond motifs is 3. The Bertz CT molecular complexity index is 1190. The lowest BCUT2D eigenvalue weighted by Crippen LogP contribution is -2.41. The Labute approximate surface area is 188 Å². The van der Waals surface area contributed by atoms with E-state index in [0.29, 0.717) is 41.7 Å². The number of carbonyl (C=O) groups is 2. The number of nitrogens with one attached hydrogen (secondary N) is 1. The summed E-state index contributed by atoms with van der Waals surface area (Å²) >= 11 is 6.27. The molecule has 1 aliphatic carbocycles. The number of rotatable bonds is 7. The molecule has 4 rings (SSSR count). The number of carboxylic acids is 1. The van der Waals surface area contributed by atoms with Crippen LogP contribution in [0.25, 0.3) is 10.9 Å². The Morgan fingerprint density at radius 2 is 2.03 bits per heavy atom. The Hall–Kier alpha value is -3.26. The molecule has 1 heterocycles. The SMILES string of the molecule is COc1ccccc1OCC(=O)NC1CCc2c(c3cc(F)cc(Cl)c3n2CC(=O)O)C1. The summed E-state index contributed by atoms with van der Waals surface area (Å²) in [5.74, 6) is -0.781. The van der Waals surface area contributed by atoms with Crippen molar-refractivity contribution in [2.75, 3.05) is 13.7 Å². The van der Waals surface area contributed by atoms with Crippen LogP contribution in [0.2, 0.25) is 5.02 Å². The Balaban J connectivity index is 1.52. The molecule has 0 spiro atoms. The number of carbonyl (C=O) groups excluding carboxylic acids is 1. The van der Waals surface area contributed by atoms with Gasteiger partial charge in [0.25, 0.3) is 5.91 Å². The van der Waals surface area contributed by atoms with E-state index in [2.05, 4.69) is 5.32 Å². The van der Waals surface area contributed by atoms with Gasteiger partial charge in [0.05, 0.1) is 17.6 Å². The van der Waals surface area contributed by atoms with Crippen molar-refractivity contribution in [2.24, 2.45) is 0 Å². The predicted molar refractivity (Wildman–Crippen MR) is 117 cm³/mol. The Morgan fingerprint density at radius 3 is 2.75 bits per heavy atom. The van der Waals surface area contributed by atoms with Crippen molar-refractivity contribution in [3.05, 3.63) is 58.5 Å². The molecule has 1 atom stereocenters. The first-order chi connectivity index (χ1) is 15.4. The van der Waals surface area contributed by atoms with Crippen LogP contribution in [-0.4, -0.2) is 41.3 Å². The highest BCUT2D eigenvalue weighted by Gasteiger charge is 2.28. The summed E-state index contributed by atoms with van der Waals surface area (Å²) in [4.78, 5) is 23.9. The van der Waals surface area contributed by atoms with Gasteiger partial charge < -0.3 is 24.5 Å². The van der Waals surface area contributed by atoms with E-state index < -0.39 is 11.8 Å². The second-order valence-corrected chi connectivity index (χ2v) is 8.04. The molecule has 1 unspecified atom stereocenters. The number of hydrogen-bond acceptors (Lipinski definition) is 4. The fourth-order valence-electron chi connectivity index (χ4n) is 4.28. The summed E-state index contributed by atoms with van der Waals surface area (Å²) in [5.41, 5.74) is 2.13. The highest BCUT2D eigenvalue weighted by atomic mass is 35.5. The van der Waals surface area contributed by atoms with Gasteiger partial charge in [-0.2, -0.15) is 0 Å². The van der Waals surface area contributed by atoms with Crippen LogP contribution in [0, 0.1) is 5.82 Å². The summed E-state index contributed by atoms with van der Waals surface area (Å²) in [7, 11) is 1.53. The van der Waals surface area contributed by atoms with Gasteiger partial charge >= 0.3 is 5.97 Å². The van der Waals surface area contributed by atoms with Crippen molar-refractivity contribution in [1.82, 2.24) is 9.88 Å². The lowest BCUT2D eigenvalue weighted by molar-refractivity contribution is -0.137. The summed E-state index contributed by atoms with van der Waals surface area (Å²) in [6.45, 7) is -0.439. The largest absolute Gasteiger partial charge is 0.493 e. The molecule has 0 fully saturated rings. The molecule has 0 saturated heterocycles. The number of amides is 1. The minimum atomic E-state index is -1.01. The van der Waals surface area contributed by atoms with E-state index in [9.17, 15) is 19.1 Å². The zero-order valence-electron chi connectivity index (χ0n) is 17.4. The molecule has 9 heteroatoms. The average molecular weight is 461 g/mol. The number of halogens is 2. The number of methoxy groups -OCH3 is 1. The van der Waals surface area contributed by atoms with Crippen molar-refractivity contribution in [3.8, 4) is 11.5 Å². The maximum atomic E-state index is 14.1. The van der Waals surface area contributed by atoms with Crippen LogP contribution in [0.15, 0.2) is 36.4 Å². The van der Waals surface area contributed by atoms with E-state index in [4.69, 9.17) is 21.1 Å². The first-order valence-electron chi connectivity index (χ1n) is 10.1. The highest BCUT2D eigenvalue weighted by molar-refractivity contribution is 6.35. The minimum absolute atomic E-state index is 0.168. The number of benzene rings is 2. The van der Waals surface area contributed by atoms with Crippen molar-refractivity contribution in [3.63, 3.8) is 0 Å². The van der Waals surface area contributed by atoms with Gasteiger partial charge in [-0.25, -0.2) is 4.39 Å². The van der Waals surface area contributed by atoms with Crippen molar-refractivity contribution < 1.29 is 28.6 Å². The first kappa shape index (κ1) is 22.0. The van der Waals surface area contributed by atoms with E-state index in [-0.39, 0.29) is 30.1 Å². The number of aliphatic carboxylic acids is 1. The lowest BCUT2D eigenvalue weighted by Gasteiger charge is -2.25. The van der Waals surface area contributed by atoms with Gasteiger partial charge in [0.15, 0.2) is 18.1 Å². The van der Waals surface area contributed by atoms with Gasteiger partial charge in [0.1, 0.15) is 12.4 Å². The maximum Gasteiger partial charge on any atom is 0.323 e. The molecule has 0 aliphatic heterocycles. The number of para-hydroxylation sites is 2. The van der Waals surface area contributed by atoms with Gasteiger partial charge in [-0.15, -0.1) is 0 Å². The molecule has 32 heavy (non-hydrogen) atoms. The molecule has 7 nitrogen and oxygen atoms in total. The number of aromatic nitrogens is 1. The van der Waals surface area contributed by atoms with Crippen LogP contribution in [0.5, 0.6) is 11.5 Å². The fourth-order valence-corrected chi connectivity index (χ4v) is 4.59. The summed E-state index contributed by atoms with van der Waals surface area (Å²) in [6, 6.07) is 9.41. The monoisotopic (exact) mass is 460 g/mol. The second-order valence-electron chi connectivity index (χ2n) is 7.64. The topological polar surface area (TPSA) is 89.8 Å². The molecule has 0 saturated carbocycles. The summed E-state index contributed by atoms with van der Waals surface area (Å²) in [6.07, 6.45) is 1.59. The van der Waals surface area contributed by atoms with Crippen molar-refractivity contribution >= 4 is 34.4 Å². The molecule has 1 aliphatic rings. The summed E-state index contributed by atoms with van der Waals surface area (Å²) < 4.78 is 26.5. The Morgan fingerprint density at radius 1 is 1.28 bits per heavy atom. The van der Waals surface area contributed by atoms with Gasteiger partial charge in [0, 0.05) is 17.1 Å². The van der Waals surface area contributed by atoms with Gasteiger partial charge in [0.2, 0.25) is 0 Å². The van der Waals surface area contributed by atoms with E-state index in [1.807, 2.05) is 0 Å². The molecular formula is C23H22ClFN2O5. The van der Waals surface area contributed by atoms with E-state index >= 15 is 0 Å². The predicted octanol–water partition coefficient (Wildman–Crippen LogP) is 3.58. The molecule has 3 aromatic rings. The molecule has 0 radical (unpaired) electrons. The standard InChI is InChI=1S/C23H22ClFN2O5/c1-31-19-4-2-3-5-20(19)32-12-21(28)26-14-6-7-18-15(10-14)16-8-13(25)9-17(24)23(16)27(18)11-22(29)30/h2-5,8-9,14H,6-7,10-12H2,1H3,(H,26,28)(H,29,30). The third-order valence-electron chi connectivity index (χ3n) is 5.56.